The molecule has 2 atom stereocenters. The number of hydrogen-bond donors (Lipinski definition) is 2. The number of H-pyrrole nitrogens is 1. The molecular formula is C13H23N3. The number of hydrogen-bond acceptors (Lipinski definition) is 2. The summed E-state index contributed by atoms with van der Waals surface area (Å²) in [5, 5.41) is 3.64. The average molecular weight is 221 g/mol. The van der Waals surface area contributed by atoms with Gasteiger partial charge in [0.1, 0.15) is 5.82 Å². The Morgan fingerprint density at radius 1 is 1.50 bits per heavy atom. The molecule has 1 saturated carbocycles. The van der Waals surface area contributed by atoms with E-state index in [-0.39, 0.29) is 0 Å². The molecule has 0 aromatic carbocycles. The fourth-order valence-corrected chi connectivity index (χ4v) is 2.66. The SMILES string of the molecule is CCC1CCCC(NCc2cnc(C)[nH]2)C1. The van der Waals surface area contributed by atoms with Crippen LogP contribution in [0.3, 0.4) is 0 Å². The molecule has 0 amide bonds. The summed E-state index contributed by atoms with van der Waals surface area (Å²) < 4.78 is 0. The highest BCUT2D eigenvalue weighted by molar-refractivity contribution is 4.99. The van der Waals surface area contributed by atoms with Gasteiger partial charge < -0.3 is 10.3 Å². The second-order valence-electron chi connectivity index (χ2n) is 5.01. The Kier molecular flexibility index (Phi) is 3.99. The second-order valence-corrected chi connectivity index (χ2v) is 5.01. The van der Waals surface area contributed by atoms with Crippen molar-refractivity contribution >= 4 is 0 Å². The Balaban J connectivity index is 1.77. The van der Waals surface area contributed by atoms with Crippen molar-refractivity contribution in [1.29, 1.82) is 0 Å². The quantitative estimate of drug-likeness (QED) is 0.820. The molecule has 90 valence electrons. The first-order valence-corrected chi connectivity index (χ1v) is 6.51. The second kappa shape index (κ2) is 5.48. The van der Waals surface area contributed by atoms with E-state index in [1.807, 2.05) is 13.1 Å². The van der Waals surface area contributed by atoms with Crippen LogP contribution in [0.5, 0.6) is 0 Å². The van der Waals surface area contributed by atoms with Crippen LogP contribution in [0.15, 0.2) is 6.20 Å². The summed E-state index contributed by atoms with van der Waals surface area (Å²) in [5.74, 6) is 1.95. The van der Waals surface area contributed by atoms with Gasteiger partial charge in [-0.3, -0.25) is 0 Å². The monoisotopic (exact) mass is 221 g/mol. The summed E-state index contributed by atoms with van der Waals surface area (Å²) in [6.45, 7) is 5.24. The van der Waals surface area contributed by atoms with Gasteiger partial charge in [0, 0.05) is 24.5 Å². The van der Waals surface area contributed by atoms with E-state index >= 15 is 0 Å². The zero-order valence-electron chi connectivity index (χ0n) is 10.4. The molecular weight excluding hydrogens is 198 g/mol. The molecule has 2 unspecified atom stereocenters. The molecule has 0 saturated heterocycles. The Morgan fingerprint density at radius 2 is 2.38 bits per heavy atom. The van der Waals surface area contributed by atoms with Gasteiger partial charge >= 0.3 is 0 Å². The van der Waals surface area contributed by atoms with E-state index in [1.54, 1.807) is 0 Å². The fraction of sp³-hybridized carbons (Fsp3) is 0.769. The van der Waals surface area contributed by atoms with Crippen LogP contribution in [0.4, 0.5) is 0 Å². The van der Waals surface area contributed by atoms with E-state index in [0.717, 1.165) is 18.3 Å². The molecule has 1 aromatic heterocycles. The van der Waals surface area contributed by atoms with Gasteiger partial charge in [-0.25, -0.2) is 4.98 Å². The average Bonchev–Trinajstić information content (AvgIpc) is 2.73. The van der Waals surface area contributed by atoms with Crippen molar-refractivity contribution in [3.05, 3.63) is 17.7 Å². The third kappa shape index (κ3) is 3.08. The first-order valence-electron chi connectivity index (χ1n) is 6.51. The standard InChI is InChI=1S/C13H23N3/c1-3-11-5-4-6-12(7-11)15-9-13-8-14-10(2)16-13/h8,11-12,15H,3-7,9H2,1-2H3,(H,14,16). The first-order chi connectivity index (χ1) is 7.78. The highest BCUT2D eigenvalue weighted by Gasteiger charge is 2.20. The summed E-state index contributed by atoms with van der Waals surface area (Å²) in [4.78, 5) is 7.48. The van der Waals surface area contributed by atoms with Crippen LogP contribution in [0.1, 0.15) is 50.5 Å². The van der Waals surface area contributed by atoms with E-state index in [9.17, 15) is 0 Å². The van der Waals surface area contributed by atoms with Crippen LogP contribution >= 0.6 is 0 Å². The minimum atomic E-state index is 0.710. The largest absolute Gasteiger partial charge is 0.345 e. The van der Waals surface area contributed by atoms with Crippen molar-refractivity contribution in [3.8, 4) is 0 Å². The molecule has 3 heteroatoms. The summed E-state index contributed by atoms with van der Waals surface area (Å²) in [7, 11) is 0. The molecule has 3 nitrogen and oxygen atoms in total. The minimum absolute atomic E-state index is 0.710. The molecule has 2 N–H and O–H groups in total. The molecule has 0 aliphatic heterocycles. The van der Waals surface area contributed by atoms with Crippen LogP contribution in [0.25, 0.3) is 0 Å². The summed E-state index contributed by atoms with van der Waals surface area (Å²) in [5.41, 5.74) is 1.20. The highest BCUT2D eigenvalue weighted by atomic mass is 15.0. The van der Waals surface area contributed by atoms with Gasteiger partial charge in [-0.1, -0.05) is 26.2 Å². The molecule has 0 radical (unpaired) electrons. The smallest absolute Gasteiger partial charge is 0.103 e. The van der Waals surface area contributed by atoms with Gasteiger partial charge in [0.05, 0.1) is 0 Å². The number of imidazole rings is 1. The molecule has 16 heavy (non-hydrogen) atoms. The number of aromatic nitrogens is 2. The van der Waals surface area contributed by atoms with Gasteiger partial charge in [0.25, 0.3) is 0 Å². The maximum atomic E-state index is 4.22. The molecule has 1 aliphatic carbocycles. The van der Waals surface area contributed by atoms with Crippen molar-refractivity contribution in [1.82, 2.24) is 15.3 Å². The maximum Gasteiger partial charge on any atom is 0.103 e. The zero-order valence-corrected chi connectivity index (χ0v) is 10.4. The van der Waals surface area contributed by atoms with Crippen LogP contribution in [-0.2, 0) is 6.54 Å². The molecule has 0 spiro atoms. The number of rotatable bonds is 4. The molecule has 1 fully saturated rings. The van der Waals surface area contributed by atoms with Crippen molar-refractivity contribution < 1.29 is 0 Å². The number of nitrogens with one attached hydrogen (secondary N) is 2. The van der Waals surface area contributed by atoms with Crippen molar-refractivity contribution in [2.75, 3.05) is 0 Å². The Labute approximate surface area is 98.1 Å². The number of aryl methyl sites for hydroxylation is 1. The van der Waals surface area contributed by atoms with Crippen LogP contribution < -0.4 is 5.32 Å². The predicted octanol–water partition coefficient (Wildman–Crippen LogP) is 2.78. The normalized spacial score (nSPS) is 25.9. The minimum Gasteiger partial charge on any atom is -0.345 e. The van der Waals surface area contributed by atoms with E-state index in [0.29, 0.717) is 6.04 Å². The lowest BCUT2D eigenvalue weighted by Gasteiger charge is -2.29. The van der Waals surface area contributed by atoms with Crippen molar-refractivity contribution in [2.24, 2.45) is 5.92 Å². The Bertz CT molecular complexity index is 319. The third-order valence-electron chi connectivity index (χ3n) is 3.70. The summed E-state index contributed by atoms with van der Waals surface area (Å²) in [6, 6.07) is 0.710. The number of aromatic amines is 1. The van der Waals surface area contributed by atoms with Gasteiger partial charge in [0.15, 0.2) is 0 Å². The first kappa shape index (κ1) is 11.6. The number of nitrogens with zero attached hydrogens (tertiary/aromatic N) is 1. The van der Waals surface area contributed by atoms with Gasteiger partial charge in [-0.2, -0.15) is 0 Å². The highest BCUT2D eigenvalue weighted by Crippen LogP contribution is 2.26. The van der Waals surface area contributed by atoms with Gasteiger partial charge in [-0.05, 0) is 25.7 Å². The topological polar surface area (TPSA) is 40.7 Å². The van der Waals surface area contributed by atoms with Crippen LogP contribution in [0.2, 0.25) is 0 Å². The lowest BCUT2D eigenvalue weighted by atomic mass is 9.84. The van der Waals surface area contributed by atoms with E-state index in [1.165, 1.54) is 37.8 Å². The van der Waals surface area contributed by atoms with E-state index < -0.39 is 0 Å². The molecule has 0 bridgehead atoms. The summed E-state index contributed by atoms with van der Waals surface area (Å²) >= 11 is 0. The molecule has 1 heterocycles. The van der Waals surface area contributed by atoms with Crippen LogP contribution in [-0.4, -0.2) is 16.0 Å². The van der Waals surface area contributed by atoms with Gasteiger partial charge in [-0.15, -0.1) is 0 Å². The Morgan fingerprint density at radius 3 is 3.06 bits per heavy atom. The Hall–Kier alpha value is -0.830. The summed E-state index contributed by atoms with van der Waals surface area (Å²) in [6.07, 6.45) is 8.77. The fourth-order valence-electron chi connectivity index (χ4n) is 2.66. The maximum absolute atomic E-state index is 4.22. The predicted molar refractivity (Wildman–Crippen MR) is 66.2 cm³/mol. The lowest BCUT2D eigenvalue weighted by Crippen LogP contribution is -2.33. The van der Waals surface area contributed by atoms with E-state index in [2.05, 4.69) is 22.2 Å². The van der Waals surface area contributed by atoms with Crippen molar-refractivity contribution in [3.63, 3.8) is 0 Å². The molecule has 1 aliphatic rings. The van der Waals surface area contributed by atoms with Crippen molar-refractivity contribution in [2.45, 2.75) is 58.5 Å². The van der Waals surface area contributed by atoms with Gasteiger partial charge in [0.2, 0.25) is 0 Å². The molecule has 2 rings (SSSR count). The lowest BCUT2D eigenvalue weighted by molar-refractivity contribution is 0.278. The third-order valence-corrected chi connectivity index (χ3v) is 3.70. The van der Waals surface area contributed by atoms with E-state index in [4.69, 9.17) is 0 Å². The molecule has 1 aromatic rings. The van der Waals surface area contributed by atoms with Crippen LogP contribution in [0, 0.1) is 12.8 Å². The zero-order chi connectivity index (χ0) is 11.4.